The fourth-order valence-electron chi connectivity index (χ4n) is 3.14. The van der Waals surface area contributed by atoms with Crippen LogP contribution in [-0.2, 0) is 11.3 Å². The summed E-state index contributed by atoms with van der Waals surface area (Å²) in [5, 5.41) is 10.6. The number of furan rings is 1. The summed E-state index contributed by atoms with van der Waals surface area (Å²) in [6.07, 6.45) is 1.89. The Balaban J connectivity index is 0.00000280. The molecule has 1 heterocycles. The third kappa shape index (κ3) is 5.76. The van der Waals surface area contributed by atoms with Crippen LogP contribution in [0.25, 0.3) is 11.0 Å². The molecule has 0 saturated heterocycles. The molecular weight excluding hydrogens is 471 g/mol. The minimum Gasteiger partial charge on any atom is -0.459 e. The predicted octanol–water partition coefficient (Wildman–Crippen LogP) is 3.55. The number of fused-ring (bicyclic) bond motifs is 1. The van der Waals surface area contributed by atoms with Gasteiger partial charge in [-0.2, -0.15) is 0 Å². The lowest BCUT2D eigenvalue weighted by Gasteiger charge is -2.20. The number of carbonyl (C=O) groups is 1. The molecule has 1 aliphatic carbocycles. The van der Waals surface area contributed by atoms with Gasteiger partial charge in [0.05, 0.1) is 19.2 Å². The SMILES string of the molecule is CCOC(=O)NC(CNC(=NC)NCc1oc2ccccc2c1C)C1CC1.I. The van der Waals surface area contributed by atoms with Crippen molar-refractivity contribution in [3.63, 3.8) is 0 Å². The Morgan fingerprint density at radius 3 is 2.71 bits per heavy atom. The number of guanidine groups is 1. The molecule has 1 aliphatic rings. The summed E-state index contributed by atoms with van der Waals surface area (Å²) in [5.41, 5.74) is 2.02. The molecule has 7 nitrogen and oxygen atoms in total. The van der Waals surface area contributed by atoms with Gasteiger partial charge in [-0.3, -0.25) is 4.99 Å². The summed E-state index contributed by atoms with van der Waals surface area (Å²) < 4.78 is 10.9. The molecule has 1 saturated carbocycles. The van der Waals surface area contributed by atoms with E-state index in [9.17, 15) is 4.79 Å². The van der Waals surface area contributed by atoms with Crippen molar-refractivity contribution < 1.29 is 13.9 Å². The normalized spacial score (nSPS) is 14.9. The van der Waals surface area contributed by atoms with Crippen LogP contribution in [0.5, 0.6) is 0 Å². The number of carbonyl (C=O) groups excluding carboxylic acids is 1. The first-order chi connectivity index (χ1) is 13.1. The summed E-state index contributed by atoms with van der Waals surface area (Å²) in [6.45, 7) is 5.37. The fraction of sp³-hybridized carbons (Fsp3) is 0.500. The van der Waals surface area contributed by atoms with E-state index in [1.54, 1.807) is 14.0 Å². The Labute approximate surface area is 182 Å². The second kappa shape index (κ2) is 10.5. The van der Waals surface area contributed by atoms with Crippen molar-refractivity contribution in [1.29, 1.82) is 0 Å². The van der Waals surface area contributed by atoms with Gasteiger partial charge < -0.3 is 25.1 Å². The molecule has 3 rings (SSSR count). The maximum atomic E-state index is 11.7. The van der Waals surface area contributed by atoms with Crippen LogP contribution in [0.1, 0.15) is 31.1 Å². The molecular formula is C20H29IN4O3. The van der Waals surface area contributed by atoms with Gasteiger partial charge in [0.15, 0.2) is 5.96 Å². The lowest BCUT2D eigenvalue weighted by molar-refractivity contribution is 0.146. The topological polar surface area (TPSA) is 87.9 Å². The fourth-order valence-corrected chi connectivity index (χ4v) is 3.14. The maximum Gasteiger partial charge on any atom is 0.407 e. The first-order valence-electron chi connectivity index (χ1n) is 9.47. The highest BCUT2D eigenvalue weighted by atomic mass is 127. The van der Waals surface area contributed by atoms with E-state index in [1.165, 1.54) is 0 Å². The van der Waals surface area contributed by atoms with Gasteiger partial charge in [-0.05, 0) is 38.7 Å². The molecule has 1 aromatic heterocycles. The number of halogens is 1. The van der Waals surface area contributed by atoms with Crippen LogP contribution < -0.4 is 16.0 Å². The van der Waals surface area contributed by atoms with Crippen LogP contribution in [-0.4, -0.2) is 38.3 Å². The molecule has 2 aromatic rings. The number of nitrogens with one attached hydrogen (secondary N) is 3. The van der Waals surface area contributed by atoms with Gasteiger partial charge >= 0.3 is 6.09 Å². The van der Waals surface area contributed by atoms with Crippen LogP contribution >= 0.6 is 24.0 Å². The van der Waals surface area contributed by atoms with Gasteiger partial charge in [0.1, 0.15) is 11.3 Å². The molecule has 0 bridgehead atoms. The highest BCUT2D eigenvalue weighted by molar-refractivity contribution is 14.0. The number of para-hydroxylation sites is 1. The van der Waals surface area contributed by atoms with Crippen molar-refractivity contribution in [2.24, 2.45) is 10.9 Å². The van der Waals surface area contributed by atoms with Crippen molar-refractivity contribution in [3.8, 4) is 0 Å². The summed E-state index contributed by atoms with van der Waals surface area (Å²) in [7, 11) is 1.73. The lowest BCUT2D eigenvalue weighted by atomic mass is 10.1. The van der Waals surface area contributed by atoms with E-state index in [1.807, 2.05) is 18.2 Å². The molecule has 1 amide bonds. The van der Waals surface area contributed by atoms with Gasteiger partial charge in [-0.25, -0.2) is 4.79 Å². The average Bonchev–Trinajstić information content (AvgIpc) is 3.46. The monoisotopic (exact) mass is 500 g/mol. The van der Waals surface area contributed by atoms with Crippen molar-refractivity contribution in [1.82, 2.24) is 16.0 Å². The molecule has 1 fully saturated rings. The molecule has 154 valence electrons. The molecule has 1 unspecified atom stereocenters. The molecule has 0 aliphatic heterocycles. The molecule has 8 heteroatoms. The number of rotatable bonds is 7. The zero-order chi connectivity index (χ0) is 19.2. The molecule has 28 heavy (non-hydrogen) atoms. The maximum absolute atomic E-state index is 11.7. The number of aryl methyl sites for hydroxylation is 1. The van der Waals surface area contributed by atoms with E-state index in [-0.39, 0.29) is 36.1 Å². The number of benzene rings is 1. The number of amides is 1. The first kappa shape index (κ1) is 22.3. The van der Waals surface area contributed by atoms with E-state index in [0.29, 0.717) is 31.6 Å². The molecule has 1 atom stereocenters. The molecule has 1 aromatic carbocycles. The minimum atomic E-state index is -0.364. The smallest absolute Gasteiger partial charge is 0.407 e. The zero-order valence-corrected chi connectivity index (χ0v) is 18.9. The van der Waals surface area contributed by atoms with Crippen LogP contribution in [0.3, 0.4) is 0 Å². The number of ether oxygens (including phenoxy) is 1. The second-order valence-electron chi connectivity index (χ2n) is 6.76. The Kier molecular flexibility index (Phi) is 8.40. The third-order valence-electron chi connectivity index (χ3n) is 4.84. The molecule has 0 spiro atoms. The van der Waals surface area contributed by atoms with Gasteiger partial charge in [-0.1, -0.05) is 18.2 Å². The van der Waals surface area contributed by atoms with E-state index in [4.69, 9.17) is 9.15 Å². The largest absolute Gasteiger partial charge is 0.459 e. The number of aliphatic imine (C=N–C) groups is 1. The van der Waals surface area contributed by atoms with Gasteiger partial charge in [-0.15, -0.1) is 24.0 Å². The van der Waals surface area contributed by atoms with Crippen LogP contribution in [0, 0.1) is 12.8 Å². The van der Waals surface area contributed by atoms with Crippen molar-refractivity contribution >= 4 is 47.0 Å². The Morgan fingerprint density at radius 1 is 1.32 bits per heavy atom. The van der Waals surface area contributed by atoms with E-state index in [0.717, 1.165) is 35.1 Å². The van der Waals surface area contributed by atoms with E-state index < -0.39 is 0 Å². The molecule has 0 radical (unpaired) electrons. The minimum absolute atomic E-state index is 0. The number of hydrogen-bond acceptors (Lipinski definition) is 4. The Morgan fingerprint density at radius 2 is 2.07 bits per heavy atom. The van der Waals surface area contributed by atoms with Crippen LogP contribution in [0.2, 0.25) is 0 Å². The van der Waals surface area contributed by atoms with Crippen molar-refractivity contribution in [2.75, 3.05) is 20.2 Å². The summed E-state index contributed by atoms with van der Waals surface area (Å²) in [5.74, 6) is 2.06. The van der Waals surface area contributed by atoms with E-state index in [2.05, 4.69) is 33.9 Å². The number of alkyl carbamates (subject to hydrolysis) is 1. The average molecular weight is 500 g/mol. The van der Waals surface area contributed by atoms with Gasteiger partial charge in [0.2, 0.25) is 0 Å². The lowest BCUT2D eigenvalue weighted by Crippen LogP contribution is -2.48. The second-order valence-corrected chi connectivity index (χ2v) is 6.76. The number of nitrogens with zero attached hydrogens (tertiary/aromatic N) is 1. The van der Waals surface area contributed by atoms with Crippen molar-refractivity contribution in [3.05, 3.63) is 35.6 Å². The number of hydrogen-bond donors (Lipinski definition) is 3. The highest BCUT2D eigenvalue weighted by Crippen LogP contribution is 2.32. The predicted molar refractivity (Wildman–Crippen MR) is 121 cm³/mol. The van der Waals surface area contributed by atoms with Crippen LogP contribution in [0.4, 0.5) is 4.79 Å². The summed E-state index contributed by atoms with van der Waals surface area (Å²) >= 11 is 0. The standard InChI is InChI=1S/C20H28N4O3.HI/c1-4-26-20(25)24-16(14-9-10-14)11-22-19(21-3)23-12-18-13(2)15-7-5-6-8-17(15)27-18;/h5-8,14,16H,4,9-12H2,1-3H3,(H,24,25)(H2,21,22,23);1H. The van der Waals surface area contributed by atoms with Crippen molar-refractivity contribution in [2.45, 2.75) is 39.3 Å². The first-order valence-corrected chi connectivity index (χ1v) is 9.47. The summed E-state index contributed by atoms with van der Waals surface area (Å²) in [4.78, 5) is 16.0. The van der Waals surface area contributed by atoms with Gasteiger partial charge in [0.25, 0.3) is 0 Å². The van der Waals surface area contributed by atoms with Gasteiger partial charge in [0, 0.05) is 24.5 Å². The molecule has 3 N–H and O–H groups in total. The Bertz CT molecular complexity index is 817. The Hall–Kier alpha value is -1.97. The quantitative estimate of drug-likeness (QED) is 0.308. The van der Waals surface area contributed by atoms with Crippen LogP contribution in [0.15, 0.2) is 33.7 Å². The summed E-state index contributed by atoms with van der Waals surface area (Å²) in [6, 6.07) is 8.05. The zero-order valence-electron chi connectivity index (χ0n) is 16.6. The third-order valence-corrected chi connectivity index (χ3v) is 4.84. The van der Waals surface area contributed by atoms with E-state index >= 15 is 0 Å². The highest BCUT2D eigenvalue weighted by Gasteiger charge is 2.32.